The van der Waals surface area contributed by atoms with Gasteiger partial charge in [-0.25, -0.2) is 9.59 Å². The fourth-order valence-corrected chi connectivity index (χ4v) is 4.19. The monoisotopic (exact) mass is 510 g/mol. The molecule has 0 aliphatic carbocycles. The number of carboxylic acid groups (broad SMARTS) is 1. The van der Waals surface area contributed by atoms with Crippen molar-refractivity contribution in [1.29, 1.82) is 0 Å². The van der Waals surface area contributed by atoms with Gasteiger partial charge in [-0.15, -0.1) is 0 Å². The van der Waals surface area contributed by atoms with Crippen molar-refractivity contribution < 1.29 is 38.9 Å². The van der Waals surface area contributed by atoms with Crippen LogP contribution < -0.4 is 10.1 Å². The van der Waals surface area contributed by atoms with E-state index >= 15 is 0 Å². The van der Waals surface area contributed by atoms with E-state index < -0.39 is 47.6 Å². The summed E-state index contributed by atoms with van der Waals surface area (Å²) < 4.78 is 5.70. The second kappa shape index (κ2) is 10.6. The van der Waals surface area contributed by atoms with Crippen LogP contribution >= 0.6 is 0 Å². The molecule has 2 aliphatic heterocycles. The largest absolute Gasteiger partial charge is 0.507 e. The number of carbonyl (C=O) groups excluding carboxylic acids is 4. The van der Waals surface area contributed by atoms with E-state index in [9.17, 15) is 34.2 Å². The number of rotatable bonds is 7. The SMILES string of the molecule is CCN1CCN(C(=O)N[C@@H](C(=O)N2CC(Oc3cccc(O)c3C(=O)O)C2)c2ccccc2)C(=O)C1=O. The minimum absolute atomic E-state index is 0.00933. The fourth-order valence-electron chi connectivity index (χ4n) is 4.19. The number of ether oxygens (including phenoxy) is 1. The topological polar surface area (TPSA) is 157 Å². The summed E-state index contributed by atoms with van der Waals surface area (Å²) in [7, 11) is 0. The van der Waals surface area contributed by atoms with Crippen molar-refractivity contribution in [1.82, 2.24) is 20.0 Å². The summed E-state index contributed by atoms with van der Waals surface area (Å²) in [4.78, 5) is 66.0. The molecule has 2 aromatic rings. The summed E-state index contributed by atoms with van der Waals surface area (Å²) in [5, 5.41) is 21.8. The van der Waals surface area contributed by atoms with Gasteiger partial charge in [0.05, 0.1) is 13.1 Å². The van der Waals surface area contributed by atoms with Crippen molar-refractivity contribution in [3.05, 3.63) is 59.7 Å². The Morgan fingerprint density at radius 3 is 2.38 bits per heavy atom. The number of aromatic hydroxyl groups is 1. The zero-order valence-electron chi connectivity index (χ0n) is 20.0. The van der Waals surface area contributed by atoms with Crippen LogP contribution in [-0.4, -0.2) is 93.5 Å². The van der Waals surface area contributed by atoms with Crippen molar-refractivity contribution in [2.24, 2.45) is 0 Å². The van der Waals surface area contributed by atoms with E-state index in [-0.39, 0.29) is 37.5 Å². The predicted molar refractivity (Wildman–Crippen MR) is 128 cm³/mol. The molecule has 0 saturated carbocycles. The summed E-state index contributed by atoms with van der Waals surface area (Å²) in [6.07, 6.45) is -0.530. The van der Waals surface area contributed by atoms with Crippen LogP contribution in [-0.2, 0) is 14.4 Å². The van der Waals surface area contributed by atoms with Crippen LogP contribution in [0.1, 0.15) is 28.9 Å². The predicted octanol–water partition coefficient (Wildman–Crippen LogP) is 0.822. The zero-order chi connectivity index (χ0) is 26.7. The van der Waals surface area contributed by atoms with Gasteiger partial charge in [-0.05, 0) is 24.6 Å². The maximum absolute atomic E-state index is 13.4. The third-order valence-electron chi connectivity index (χ3n) is 6.25. The van der Waals surface area contributed by atoms with Crippen LogP contribution in [0.25, 0.3) is 0 Å². The number of phenols is 1. The zero-order valence-corrected chi connectivity index (χ0v) is 20.0. The number of carbonyl (C=O) groups is 5. The number of piperazine rings is 1. The lowest BCUT2D eigenvalue weighted by molar-refractivity contribution is -0.153. The fraction of sp³-hybridized carbons (Fsp3) is 0.320. The van der Waals surface area contributed by atoms with Gasteiger partial charge in [0.25, 0.3) is 0 Å². The number of likely N-dealkylation sites (tertiary alicyclic amines) is 1. The quantitative estimate of drug-likeness (QED) is 0.462. The smallest absolute Gasteiger partial charge is 0.343 e. The van der Waals surface area contributed by atoms with Crippen LogP contribution in [0.15, 0.2) is 48.5 Å². The average molecular weight is 511 g/mol. The molecule has 0 spiro atoms. The number of urea groups is 1. The molecule has 0 bridgehead atoms. The number of likely N-dealkylation sites (N-methyl/N-ethyl adjacent to an activating group) is 1. The van der Waals surface area contributed by atoms with Gasteiger partial charge in [0, 0.05) is 19.6 Å². The van der Waals surface area contributed by atoms with E-state index in [0.717, 1.165) is 4.90 Å². The number of imide groups is 1. The first-order valence-corrected chi connectivity index (χ1v) is 11.7. The number of carboxylic acids is 1. The molecule has 194 valence electrons. The Labute approximate surface area is 212 Å². The normalized spacial score (nSPS) is 16.7. The number of benzene rings is 2. The highest BCUT2D eigenvalue weighted by atomic mass is 16.5. The van der Waals surface area contributed by atoms with E-state index in [4.69, 9.17) is 4.74 Å². The van der Waals surface area contributed by atoms with E-state index in [1.807, 2.05) is 0 Å². The molecular weight excluding hydrogens is 484 g/mol. The molecule has 3 N–H and O–H groups in total. The lowest BCUT2D eigenvalue weighted by Crippen LogP contribution is -2.61. The lowest BCUT2D eigenvalue weighted by Gasteiger charge is -2.41. The number of hydrogen-bond acceptors (Lipinski definition) is 7. The first-order valence-electron chi connectivity index (χ1n) is 11.7. The van der Waals surface area contributed by atoms with E-state index in [1.54, 1.807) is 37.3 Å². The summed E-state index contributed by atoms with van der Waals surface area (Å²) in [6, 6.07) is 10.6. The molecule has 2 saturated heterocycles. The Morgan fingerprint density at radius 1 is 1.03 bits per heavy atom. The summed E-state index contributed by atoms with van der Waals surface area (Å²) in [6.45, 7) is 2.52. The van der Waals surface area contributed by atoms with Crippen molar-refractivity contribution in [2.75, 3.05) is 32.7 Å². The van der Waals surface area contributed by atoms with Crippen LogP contribution in [0, 0.1) is 0 Å². The standard InChI is InChI=1S/C25H26N4O8/c1-2-27-11-12-29(23(33)22(27)32)25(36)26-20(15-7-4-3-5-8-15)21(31)28-13-16(14-28)37-18-10-6-9-17(30)19(18)24(34)35/h3-10,16,20,30H,2,11-14H2,1H3,(H,26,36)(H,34,35)/t20-/m1/s1. The first-order chi connectivity index (χ1) is 17.7. The van der Waals surface area contributed by atoms with E-state index in [1.165, 1.54) is 28.0 Å². The minimum atomic E-state index is -1.35. The second-order valence-corrected chi connectivity index (χ2v) is 8.57. The number of nitrogens with one attached hydrogen (secondary N) is 1. The molecule has 2 aliphatic rings. The van der Waals surface area contributed by atoms with Crippen molar-refractivity contribution in [3.8, 4) is 11.5 Å². The van der Waals surface area contributed by atoms with Gasteiger partial charge in [0.15, 0.2) is 0 Å². The Kier molecular flexibility index (Phi) is 7.27. The molecule has 37 heavy (non-hydrogen) atoms. The molecule has 2 fully saturated rings. The summed E-state index contributed by atoms with van der Waals surface area (Å²) >= 11 is 0. The van der Waals surface area contributed by atoms with Gasteiger partial charge in [-0.1, -0.05) is 36.4 Å². The third kappa shape index (κ3) is 5.17. The lowest BCUT2D eigenvalue weighted by atomic mass is 10.0. The van der Waals surface area contributed by atoms with Gasteiger partial charge in [-0.3, -0.25) is 19.3 Å². The highest BCUT2D eigenvalue weighted by Crippen LogP contribution is 2.30. The molecule has 12 nitrogen and oxygen atoms in total. The van der Waals surface area contributed by atoms with E-state index in [2.05, 4.69) is 5.32 Å². The molecule has 2 aromatic carbocycles. The van der Waals surface area contributed by atoms with Crippen LogP contribution in [0.3, 0.4) is 0 Å². The molecule has 4 rings (SSSR count). The summed E-state index contributed by atoms with van der Waals surface area (Å²) in [5.74, 6) is -3.99. The van der Waals surface area contributed by atoms with Gasteiger partial charge in [0.1, 0.15) is 29.2 Å². The minimum Gasteiger partial charge on any atom is -0.507 e. The number of nitrogens with zero attached hydrogens (tertiary/aromatic N) is 3. The molecule has 5 amide bonds. The molecular formula is C25H26N4O8. The number of hydrogen-bond donors (Lipinski definition) is 3. The van der Waals surface area contributed by atoms with Crippen LogP contribution in [0.4, 0.5) is 4.79 Å². The van der Waals surface area contributed by atoms with Crippen molar-refractivity contribution >= 4 is 29.7 Å². The van der Waals surface area contributed by atoms with E-state index in [0.29, 0.717) is 12.1 Å². The average Bonchev–Trinajstić information content (AvgIpc) is 2.85. The molecule has 1 atom stereocenters. The molecule has 0 aromatic heterocycles. The van der Waals surface area contributed by atoms with Crippen molar-refractivity contribution in [3.63, 3.8) is 0 Å². The maximum Gasteiger partial charge on any atom is 0.343 e. The molecule has 0 unspecified atom stereocenters. The number of aromatic carboxylic acids is 1. The third-order valence-corrected chi connectivity index (χ3v) is 6.25. The highest BCUT2D eigenvalue weighted by Gasteiger charge is 2.40. The van der Waals surface area contributed by atoms with Gasteiger partial charge < -0.3 is 30.1 Å². The van der Waals surface area contributed by atoms with Gasteiger partial charge in [-0.2, -0.15) is 0 Å². The van der Waals surface area contributed by atoms with Crippen LogP contribution in [0.5, 0.6) is 11.5 Å². The Balaban J connectivity index is 1.45. The maximum atomic E-state index is 13.4. The van der Waals surface area contributed by atoms with Crippen molar-refractivity contribution in [2.45, 2.75) is 19.1 Å². The Hall–Kier alpha value is -4.61. The molecule has 0 radical (unpaired) electrons. The first kappa shape index (κ1) is 25.5. The summed E-state index contributed by atoms with van der Waals surface area (Å²) in [5.41, 5.74) is 0.112. The van der Waals surface area contributed by atoms with Gasteiger partial charge in [0.2, 0.25) is 5.91 Å². The number of amides is 5. The molecule has 2 heterocycles. The Bertz CT molecular complexity index is 1230. The van der Waals surface area contributed by atoms with Gasteiger partial charge >= 0.3 is 23.8 Å². The molecule has 12 heteroatoms. The highest BCUT2D eigenvalue weighted by molar-refractivity contribution is 6.38. The second-order valence-electron chi connectivity index (χ2n) is 8.57. The van der Waals surface area contributed by atoms with Crippen LogP contribution in [0.2, 0.25) is 0 Å². The Morgan fingerprint density at radius 2 is 1.73 bits per heavy atom.